The number of hydrogen-bond acceptors (Lipinski definition) is 6. The first kappa shape index (κ1) is 19.0. The molecule has 2 fully saturated rings. The average Bonchev–Trinajstić information content (AvgIpc) is 3.27. The van der Waals surface area contributed by atoms with Crippen LogP contribution < -0.4 is 5.73 Å². The van der Waals surface area contributed by atoms with E-state index in [-0.39, 0.29) is 23.9 Å². The Bertz CT molecular complexity index is 1010. The molecule has 2 amide bonds. The van der Waals surface area contributed by atoms with E-state index in [0.29, 0.717) is 30.9 Å². The predicted octanol–water partition coefficient (Wildman–Crippen LogP) is 1.66. The van der Waals surface area contributed by atoms with Gasteiger partial charge in [-0.05, 0) is 56.7 Å². The van der Waals surface area contributed by atoms with Gasteiger partial charge < -0.3 is 15.5 Å². The van der Waals surface area contributed by atoms with Crippen LogP contribution >= 0.6 is 0 Å². The van der Waals surface area contributed by atoms with Crippen molar-refractivity contribution in [2.75, 3.05) is 12.3 Å². The van der Waals surface area contributed by atoms with E-state index < -0.39 is 0 Å². The molecule has 2 saturated heterocycles. The second kappa shape index (κ2) is 7.34. The topological polar surface area (TPSA) is 105 Å². The number of anilines is 1. The van der Waals surface area contributed by atoms with E-state index in [9.17, 15) is 9.59 Å². The number of aromatic nitrogens is 3. The standard InChI is InChI=1S/C22H26N6O2/c1-13-15-4-2-3-5-16(15)26-20(25-13)12-28-17-8-9-27(18(17)10-21(28)29)22(30)14-6-7-19(23)24-11-14/h6-7,11,17-18H,2-5,8-10,12H2,1H3,(H2,23,24)/t17-,18-/m0/s1. The van der Waals surface area contributed by atoms with E-state index in [2.05, 4.69) is 4.98 Å². The third kappa shape index (κ3) is 3.20. The van der Waals surface area contributed by atoms with Crippen LogP contribution in [0.25, 0.3) is 0 Å². The molecular formula is C22H26N6O2. The zero-order chi connectivity index (χ0) is 20.8. The van der Waals surface area contributed by atoms with Gasteiger partial charge in [-0.25, -0.2) is 15.0 Å². The summed E-state index contributed by atoms with van der Waals surface area (Å²) in [5.74, 6) is 1.07. The number of carbonyl (C=O) groups excluding carboxylic acids is 2. The highest BCUT2D eigenvalue weighted by Gasteiger charge is 2.48. The lowest BCUT2D eigenvalue weighted by Gasteiger charge is -2.25. The Morgan fingerprint density at radius 2 is 2.03 bits per heavy atom. The molecule has 5 rings (SSSR count). The molecule has 2 aromatic heterocycles. The van der Waals surface area contributed by atoms with Gasteiger partial charge in [0.2, 0.25) is 5.91 Å². The Hall–Kier alpha value is -3.03. The van der Waals surface area contributed by atoms with Crippen LogP contribution in [0.2, 0.25) is 0 Å². The molecular weight excluding hydrogens is 380 g/mol. The molecule has 30 heavy (non-hydrogen) atoms. The molecule has 0 saturated carbocycles. The summed E-state index contributed by atoms with van der Waals surface area (Å²) in [6.07, 6.45) is 7.02. The SMILES string of the molecule is Cc1nc(CN2C(=O)C[C@H]3[C@@H]2CCN3C(=O)c2ccc(N)nc2)nc2c1CCCC2. The molecule has 0 spiro atoms. The van der Waals surface area contributed by atoms with Crippen LogP contribution in [0.15, 0.2) is 18.3 Å². The van der Waals surface area contributed by atoms with Gasteiger partial charge in [0.05, 0.1) is 24.2 Å². The van der Waals surface area contributed by atoms with Crippen molar-refractivity contribution in [1.29, 1.82) is 0 Å². The molecule has 2 atom stereocenters. The number of pyridine rings is 1. The van der Waals surface area contributed by atoms with Crippen molar-refractivity contribution in [2.45, 2.75) is 64.1 Å². The number of aryl methyl sites for hydroxylation is 2. The fourth-order valence-corrected chi connectivity index (χ4v) is 5.15. The highest BCUT2D eigenvalue weighted by molar-refractivity contribution is 5.95. The largest absolute Gasteiger partial charge is 0.384 e. The number of hydrogen-bond donors (Lipinski definition) is 1. The average molecular weight is 406 g/mol. The van der Waals surface area contributed by atoms with Crippen molar-refractivity contribution in [2.24, 2.45) is 0 Å². The maximum atomic E-state index is 13.0. The van der Waals surface area contributed by atoms with Crippen LogP contribution in [0.1, 0.15) is 58.8 Å². The Morgan fingerprint density at radius 3 is 2.83 bits per heavy atom. The second-order valence-corrected chi connectivity index (χ2v) is 8.48. The molecule has 156 valence electrons. The lowest BCUT2D eigenvalue weighted by Crippen LogP contribution is -2.40. The van der Waals surface area contributed by atoms with Gasteiger partial charge in [-0.3, -0.25) is 9.59 Å². The van der Waals surface area contributed by atoms with E-state index in [4.69, 9.17) is 15.7 Å². The molecule has 1 aliphatic carbocycles. The molecule has 2 aromatic rings. The van der Waals surface area contributed by atoms with Crippen LogP contribution in [-0.2, 0) is 24.2 Å². The Labute approximate surface area is 175 Å². The second-order valence-electron chi connectivity index (χ2n) is 8.48. The van der Waals surface area contributed by atoms with E-state index in [1.165, 1.54) is 18.2 Å². The summed E-state index contributed by atoms with van der Waals surface area (Å²) in [6.45, 7) is 3.09. The summed E-state index contributed by atoms with van der Waals surface area (Å²) in [5, 5.41) is 0. The van der Waals surface area contributed by atoms with E-state index in [1.807, 2.05) is 16.7 Å². The van der Waals surface area contributed by atoms with Crippen LogP contribution in [0.5, 0.6) is 0 Å². The van der Waals surface area contributed by atoms with Gasteiger partial charge in [0.15, 0.2) is 0 Å². The van der Waals surface area contributed by atoms with Gasteiger partial charge >= 0.3 is 0 Å². The minimum atomic E-state index is -0.110. The maximum Gasteiger partial charge on any atom is 0.255 e. The maximum absolute atomic E-state index is 13.0. The molecule has 0 unspecified atom stereocenters. The van der Waals surface area contributed by atoms with Crippen LogP contribution in [-0.4, -0.2) is 55.2 Å². The summed E-state index contributed by atoms with van der Waals surface area (Å²) in [7, 11) is 0. The number of rotatable bonds is 3. The minimum absolute atomic E-state index is 0.0168. The fourth-order valence-electron chi connectivity index (χ4n) is 5.15. The monoisotopic (exact) mass is 406 g/mol. The number of nitrogens with two attached hydrogens (primary N) is 1. The lowest BCUT2D eigenvalue weighted by molar-refractivity contribution is -0.129. The molecule has 0 radical (unpaired) electrons. The summed E-state index contributed by atoms with van der Waals surface area (Å²) < 4.78 is 0. The minimum Gasteiger partial charge on any atom is -0.384 e. The smallest absolute Gasteiger partial charge is 0.255 e. The van der Waals surface area contributed by atoms with Crippen LogP contribution in [0.4, 0.5) is 5.82 Å². The van der Waals surface area contributed by atoms with E-state index in [1.54, 1.807) is 12.1 Å². The molecule has 8 heteroatoms. The summed E-state index contributed by atoms with van der Waals surface area (Å²) >= 11 is 0. The molecule has 2 aliphatic heterocycles. The highest BCUT2D eigenvalue weighted by Crippen LogP contribution is 2.34. The number of likely N-dealkylation sites (tertiary alicyclic amines) is 2. The molecule has 4 heterocycles. The number of amides is 2. The number of nitrogens with zero attached hydrogens (tertiary/aromatic N) is 5. The first-order chi connectivity index (χ1) is 14.5. The zero-order valence-electron chi connectivity index (χ0n) is 17.2. The van der Waals surface area contributed by atoms with Crippen molar-refractivity contribution in [3.05, 3.63) is 46.7 Å². The van der Waals surface area contributed by atoms with Crippen molar-refractivity contribution >= 4 is 17.6 Å². The van der Waals surface area contributed by atoms with Gasteiger partial charge in [-0.1, -0.05) is 0 Å². The van der Waals surface area contributed by atoms with Crippen molar-refractivity contribution in [3.8, 4) is 0 Å². The lowest BCUT2D eigenvalue weighted by atomic mass is 9.95. The van der Waals surface area contributed by atoms with Crippen LogP contribution in [0, 0.1) is 6.92 Å². The molecule has 8 nitrogen and oxygen atoms in total. The Balaban J connectivity index is 1.34. The number of fused-ring (bicyclic) bond motifs is 2. The van der Waals surface area contributed by atoms with E-state index >= 15 is 0 Å². The first-order valence-electron chi connectivity index (χ1n) is 10.7. The van der Waals surface area contributed by atoms with Crippen molar-refractivity contribution < 1.29 is 9.59 Å². The Kier molecular flexibility index (Phi) is 4.64. The van der Waals surface area contributed by atoms with E-state index in [0.717, 1.165) is 42.9 Å². The Morgan fingerprint density at radius 1 is 1.20 bits per heavy atom. The molecule has 0 aromatic carbocycles. The fraction of sp³-hybridized carbons (Fsp3) is 0.500. The van der Waals surface area contributed by atoms with Crippen LogP contribution in [0.3, 0.4) is 0 Å². The van der Waals surface area contributed by atoms with Crippen molar-refractivity contribution in [1.82, 2.24) is 24.8 Å². The summed E-state index contributed by atoms with van der Waals surface area (Å²) in [4.78, 5) is 43.0. The third-order valence-electron chi connectivity index (χ3n) is 6.66. The normalized spacial score (nSPS) is 22.9. The number of carbonyl (C=O) groups is 2. The van der Waals surface area contributed by atoms with Gasteiger partial charge in [0, 0.05) is 30.6 Å². The van der Waals surface area contributed by atoms with Gasteiger partial charge in [0.1, 0.15) is 11.6 Å². The quantitative estimate of drug-likeness (QED) is 0.831. The summed E-state index contributed by atoms with van der Waals surface area (Å²) in [5.41, 5.74) is 9.60. The van der Waals surface area contributed by atoms with Gasteiger partial charge in [0.25, 0.3) is 5.91 Å². The van der Waals surface area contributed by atoms with Crippen molar-refractivity contribution in [3.63, 3.8) is 0 Å². The summed E-state index contributed by atoms with van der Waals surface area (Å²) in [6, 6.07) is 3.23. The zero-order valence-corrected chi connectivity index (χ0v) is 17.2. The highest BCUT2D eigenvalue weighted by atomic mass is 16.2. The first-order valence-corrected chi connectivity index (χ1v) is 10.7. The predicted molar refractivity (Wildman–Crippen MR) is 110 cm³/mol. The molecule has 3 aliphatic rings. The van der Waals surface area contributed by atoms with Gasteiger partial charge in [-0.15, -0.1) is 0 Å². The molecule has 2 N–H and O–H groups in total. The molecule has 0 bridgehead atoms. The van der Waals surface area contributed by atoms with Gasteiger partial charge in [-0.2, -0.15) is 0 Å². The number of nitrogen functional groups attached to an aromatic ring is 1. The third-order valence-corrected chi connectivity index (χ3v) is 6.66.